The van der Waals surface area contributed by atoms with Crippen LogP contribution >= 0.6 is 11.6 Å². The average molecular weight is 434 g/mol. The molecule has 150 valence electrons. The van der Waals surface area contributed by atoms with Crippen molar-refractivity contribution in [3.8, 4) is 0 Å². The highest BCUT2D eigenvalue weighted by molar-refractivity contribution is 7.89. The molecule has 0 bridgehead atoms. The van der Waals surface area contributed by atoms with Crippen molar-refractivity contribution in [2.24, 2.45) is 0 Å². The number of nitrogens with zero attached hydrogens (tertiary/aromatic N) is 1. The van der Waals surface area contributed by atoms with Crippen LogP contribution in [0.4, 0.5) is 11.5 Å². The Balaban J connectivity index is 1.95. The van der Waals surface area contributed by atoms with E-state index in [2.05, 4.69) is 20.0 Å². The van der Waals surface area contributed by atoms with Gasteiger partial charge in [-0.15, -0.1) is 0 Å². The van der Waals surface area contributed by atoms with Crippen molar-refractivity contribution in [2.75, 3.05) is 11.1 Å². The highest BCUT2D eigenvalue weighted by Gasteiger charge is 2.28. The number of benzene rings is 2. The molecule has 0 aliphatic carbocycles. The Kier molecular flexibility index (Phi) is 5.97. The largest absolute Gasteiger partial charge is 0.383 e. The van der Waals surface area contributed by atoms with E-state index in [9.17, 15) is 18.0 Å². The zero-order valence-electron chi connectivity index (χ0n) is 14.8. The number of anilines is 2. The maximum Gasteiger partial charge on any atom is 0.346 e. The van der Waals surface area contributed by atoms with Crippen molar-refractivity contribution in [3.05, 3.63) is 81.9 Å². The standard InChI is InChI=1S/C18H16ClN5O4S/c19-12-7-4-8-13(9-12)29(27,28)24-15(11-5-2-1-3-6-11)17(25)22-14-10-21-18(26)23-16(14)20/h1-10,15,24H,(H,22,25)(H3,20,21,23,26). The molecule has 3 rings (SSSR count). The first-order valence-corrected chi connectivity index (χ1v) is 10.1. The molecule has 3 aromatic rings. The lowest BCUT2D eigenvalue weighted by Crippen LogP contribution is -2.37. The first-order valence-electron chi connectivity index (χ1n) is 8.25. The number of nitrogens with one attached hydrogen (secondary N) is 3. The van der Waals surface area contributed by atoms with Crippen molar-refractivity contribution in [2.45, 2.75) is 10.9 Å². The van der Waals surface area contributed by atoms with Crippen LogP contribution in [0, 0.1) is 0 Å². The van der Waals surface area contributed by atoms with Crippen LogP contribution in [0.3, 0.4) is 0 Å². The molecule has 29 heavy (non-hydrogen) atoms. The summed E-state index contributed by atoms with van der Waals surface area (Å²) >= 11 is 5.88. The Labute approximate surface area is 171 Å². The third-order valence-electron chi connectivity index (χ3n) is 3.88. The van der Waals surface area contributed by atoms with Crippen molar-refractivity contribution in [1.82, 2.24) is 14.7 Å². The number of sulfonamides is 1. The number of hydrogen-bond acceptors (Lipinski definition) is 6. The molecule has 0 spiro atoms. The number of carbonyl (C=O) groups excluding carboxylic acids is 1. The second kappa shape index (κ2) is 8.43. The third kappa shape index (κ3) is 4.99. The Morgan fingerprint density at radius 2 is 1.86 bits per heavy atom. The Morgan fingerprint density at radius 1 is 1.14 bits per heavy atom. The predicted octanol–water partition coefficient (Wildman–Crippen LogP) is 1.66. The number of hydrogen-bond donors (Lipinski definition) is 4. The fraction of sp³-hybridized carbons (Fsp3) is 0.0556. The molecule has 0 fully saturated rings. The normalized spacial score (nSPS) is 12.3. The third-order valence-corrected chi connectivity index (χ3v) is 5.53. The predicted molar refractivity (Wildman–Crippen MR) is 109 cm³/mol. The van der Waals surface area contributed by atoms with E-state index < -0.39 is 27.7 Å². The van der Waals surface area contributed by atoms with Gasteiger partial charge in [0.05, 0.1) is 11.1 Å². The van der Waals surface area contributed by atoms with Gasteiger partial charge >= 0.3 is 5.69 Å². The van der Waals surface area contributed by atoms with Crippen molar-refractivity contribution >= 4 is 39.0 Å². The van der Waals surface area contributed by atoms with Crippen LogP contribution in [0.5, 0.6) is 0 Å². The molecular formula is C18H16ClN5O4S. The lowest BCUT2D eigenvalue weighted by molar-refractivity contribution is -0.117. The minimum atomic E-state index is -4.08. The summed E-state index contributed by atoms with van der Waals surface area (Å²) in [6, 6.07) is 12.6. The molecule has 1 heterocycles. The second-order valence-electron chi connectivity index (χ2n) is 5.93. The summed E-state index contributed by atoms with van der Waals surface area (Å²) < 4.78 is 28.0. The molecule has 0 aliphatic heterocycles. The summed E-state index contributed by atoms with van der Waals surface area (Å²) in [5.41, 5.74) is 5.44. The smallest absolute Gasteiger partial charge is 0.346 e. The van der Waals surface area contributed by atoms with Crippen LogP contribution in [0.15, 0.2) is 70.5 Å². The van der Waals surface area contributed by atoms with Crippen molar-refractivity contribution < 1.29 is 13.2 Å². The first-order chi connectivity index (χ1) is 13.8. The lowest BCUT2D eigenvalue weighted by Gasteiger charge is -2.19. The molecule has 0 saturated heterocycles. The molecule has 1 amide bonds. The van der Waals surface area contributed by atoms with E-state index in [1.165, 1.54) is 24.3 Å². The molecule has 2 aromatic carbocycles. The molecule has 0 aliphatic rings. The van der Waals surface area contributed by atoms with E-state index in [0.29, 0.717) is 5.56 Å². The summed E-state index contributed by atoms with van der Waals surface area (Å²) in [5, 5.41) is 2.71. The number of amides is 1. The summed E-state index contributed by atoms with van der Waals surface area (Å²) in [6.07, 6.45) is 1.08. The van der Waals surface area contributed by atoms with Gasteiger partial charge in [-0.05, 0) is 23.8 Å². The maximum absolute atomic E-state index is 12.9. The minimum Gasteiger partial charge on any atom is -0.383 e. The fourth-order valence-electron chi connectivity index (χ4n) is 2.49. The zero-order chi connectivity index (χ0) is 21.0. The molecule has 11 heteroatoms. The van der Waals surface area contributed by atoms with Gasteiger partial charge in [0.15, 0.2) is 0 Å². The topological polar surface area (TPSA) is 147 Å². The number of H-pyrrole nitrogens is 1. The maximum atomic E-state index is 12.9. The first kappa shape index (κ1) is 20.5. The van der Waals surface area contributed by atoms with Gasteiger partial charge in [-0.1, -0.05) is 48.0 Å². The monoisotopic (exact) mass is 433 g/mol. The van der Waals surface area contributed by atoms with E-state index in [0.717, 1.165) is 6.20 Å². The number of nitrogens with two attached hydrogens (primary N) is 1. The van der Waals surface area contributed by atoms with Gasteiger partial charge in [-0.2, -0.15) is 9.71 Å². The zero-order valence-corrected chi connectivity index (χ0v) is 16.4. The number of aromatic amines is 1. The number of nitrogen functional groups attached to an aromatic ring is 1. The summed E-state index contributed by atoms with van der Waals surface area (Å²) in [5.74, 6) is -0.829. The number of aromatic nitrogens is 2. The van der Waals surface area contributed by atoms with Crippen LogP contribution in [0.1, 0.15) is 11.6 Å². The summed E-state index contributed by atoms with van der Waals surface area (Å²) in [6.45, 7) is 0. The van der Waals surface area contributed by atoms with E-state index in [1.54, 1.807) is 30.3 Å². The Bertz CT molecular complexity index is 1200. The van der Waals surface area contributed by atoms with Gasteiger partial charge in [0, 0.05) is 5.02 Å². The van der Waals surface area contributed by atoms with Gasteiger partial charge < -0.3 is 11.1 Å². The quantitative estimate of drug-likeness (QED) is 0.464. The van der Waals surface area contributed by atoms with Crippen LogP contribution in [-0.4, -0.2) is 24.3 Å². The number of halogens is 1. The van der Waals surface area contributed by atoms with Gasteiger partial charge in [0.25, 0.3) is 0 Å². The molecule has 0 radical (unpaired) electrons. The lowest BCUT2D eigenvalue weighted by atomic mass is 10.1. The molecule has 9 nitrogen and oxygen atoms in total. The average Bonchev–Trinajstić information content (AvgIpc) is 2.69. The fourth-order valence-corrected chi connectivity index (χ4v) is 3.97. The highest BCUT2D eigenvalue weighted by atomic mass is 35.5. The molecule has 1 unspecified atom stereocenters. The molecular weight excluding hydrogens is 418 g/mol. The van der Waals surface area contributed by atoms with Crippen LogP contribution in [0.2, 0.25) is 5.02 Å². The second-order valence-corrected chi connectivity index (χ2v) is 8.08. The highest BCUT2D eigenvalue weighted by Crippen LogP contribution is 2.22. The molecule has 5 N–H and O–H groups in total. The van der Waals surface area contributed by atoms with Crippen molar-refractivity contribution in [1.29, 1.82) is 0 Å². The van der Waals surface area contributed by atoms with E-state index in [-0.39, 0.29) is 21.4 Å². The Hall–Kier alpha value is -3.21. The number of carbonyl (C=O) groups is 1. The van der Waals surface area contributed by atoms with E-state index in [4.69, 9.17) is 17.3 Å². The summed E-state index contributed by atoms with van der Waals surface area (Å²) in [7, 11) is -4.08. The summed E-state index contributed by atoms with van der Waals surface area (Å²) in [4.78, 5) is 29.7. The van der Waals surface area contributed by atoms with Gasteiger partial charge in [-0.25, -0.2) is 13.2 Å². The van der Waals surface area contributed by atoms with Crippen LogP contribution in [0.25, 0.3) is 0 Å². The molecule has 0 saturated carbocycles. The Morgan fingerprint density at radius 3 is 2.52 bits per heavy atom. The molecule has 1 aromatic heterocycles. The van der Waals surface area contributed by atoms with Gasteiger partial charge in [0.2, 0.25) is 15.9 Å². The van der Waals surface area contributed by atoms with Crippen LogP contribution < -0.4 is 21.5 Å². The van der Waals surface area contributed by atoms with E-state index >= 15 is 0 Å². The number of rotatable bonds is 6. The molecule has 1 atom stereocenters. The van der Waals surface area contributed by atoms with Gasteiger partial charge in [0.1, 0.15) is 17.5 Å². The van der Waals surface area contributed by atoms with Gasteiger partial charge in [-0.3, -0.25) is 9.78 Å². The van der Waals surface area contributed by atoms with Crippen LogP contribution in [-0.2, 0) is 14.8 Å². The van der Waals surface area contributed by atoms with E-state index in [1.807, 2.05) is 0 Å². The SMILES string of the molecule is Nc1[nH]c(=O)ncc1NC(=O)C(NS(=O)(=O)c1cccc(Cl)c1)c1ccccc1. The van der Waals surface area contributed by atoms with Crippen molar-refractivity contribution in [3.63, 3.8) is 0 Å². The minimum absolute atomic E-state index is 0.0393.